The van der Waals surface area contributed by atoms with E-state index in [2.05, 4.69) is 6.92 Å². The lowest BCUT2D eigenvalue weighted by atomic mass is 10.2. The number of hydrogen-bond acceptors (Lipinski definition) is 2. The molecule has 0 spiro atoms. The zero-order valence-corrected chi connectivity index (χ0v) is 9.36. The summed E-state index contributed by atoms with van der Waals surface area (Å²) in [5.41, 5.74) is 2.14. The molecule has 1 aromatic rings. The van der Waals surface area contributed by atoms with E-state index in [4.69, 9.17) is 0 Å². The van der Waals surface area contributed by atoms with Gasteiger partial charge in [0.1, 0.15) is 0 Å². The third-order valence-corrected chi connectivity index (χ3v) is 3.03. The van der Waals surface area contributed by atoms with Gasteiger partial charge in [0.2, 0.25) is 0 Å². The predicted octanol–water partition coefficient (Wildman–Crippen LogP) is 2.67. The smallest absolute Gasteiger partial charge is 0.255 e. The van der Waals surface area contributed by atoms with Gasteiger partial charge in [-0.3, -0.25) is 4.79 Å². The van der Waals surface area contributed by atoms with Crippen LogP contribution < -0.4 is 0 Å². The first-order chi connectivity index (χ1) is 6.20. The molecule has 2 rings (SSSR count). The normalized spacial score (nSPS) is 13.8. The number of nitrogens with zero attached hydrogens (tertiary/aromatic N) is 1. The van der Waals surface area contributed by atoms with E-state index in [-0.39, 0.29) is 5.91 Å². The van der Waals surface area contributed by atoms with E-state index in [1.165, 1.54) is 10.4 Å². The molecular weight excluding hydrogens is 182 g/mol. The van der Waals surface area contributed by atoms with Crippen molar-refractivity contribution >= 4 is 17.2 Å². The summed E-state index contributed by atoms with van der Waals surface area (Å²) >= 11 is 1.67. The molecule has 2 heterocycles. The molecule has 1 aliphatic rings. The molecule has 0 unspecified atom stereocenters. The average molecular weight is 197 g/mol. The molecule has 0 aromatic carbocycles. The van der Waals surface area contributed by atoms with Gasteiger partial charge in [0.05, 0.1) is 5.56 Å². The molecule has 1 aliphatic heterocycles. The first kappa shape index (κ1) is 10.3. The summed E-state index contributed by atoms with van der Waals surface area (Å²) in [6.07, 6.45) is 0. The van der Waals surface area contributed by atoms with Crippen molar-refractivity contribution in [3.63, 3.8) is 0 Å². The van der Waals surface area contributed by atoms with E-state index in [0.717, 1.165) is 12.1 Å². The van der Waals surface area contributed by atoms with E-state index in [1.54, 1.807) is 16.2 Å². The van der Waals surface area contributed by atoms with Gasteiger partial charge in [-0.15, -0.1) is 11.3 Å². The molecule has 1 amide bonds. The minimum Gasteiger partial charge on any atom is -0.337 e. The van der Waals surface area contributed by atoms with Crippen LogP contribution in [-0.2, 0) is 6.54 Å². The zero-order valence-electron chi connectivity index (χ0n) is 8.55. The van der Waals surface area contributed by atoms with E-state index in [1.807, 2.05) is 26.3 Å². The van der Waals surface area contributed by atoms with Crippen LogP contribution in [0, 0.1) is 6.92 Å². The molecule has 3 heteroatoms. The highest BCUT2D eigenvalue weighted by Crippen LogP contribution is 2.29. The standard InChI is InChI=1S/C8H9NOS.C2H6/c1-5-6-3-9(2)8(10)7(6)4-11-5;1-2/h4H,3H2,1-2H3;1-2H3. The molecule has 0 saturated heterocycles. The van der Waals surface area contributed by atoms with Crippen molar-refractivity contribution in [2.75, 3.05) is 7.05 Å². The molecule has 13 heavy (non-hydrogen) atoms. The van der Waals surface area contributed by atoms with Crippen LogP contribution in [-0.4, -0.2) is 17.9 Å². The fourth-order valence-electron chi connectivity index (χ4n) is 1.37. The fraction of sp³-hybridized carbons (Fsp3) is 0.500. The van der Waals surface area contributed by atoms with Crippen LogP contribution in [0.3, 0.4) is 0 Å². The Labute approximate surface area is 83.2 Å². The summed E-state index contributed by atoms with van der Waals surface area (Å²) in [5.74, 6) is 0.171. The van der Waals surface area contributed by atoms with Crippen LogP contribution in [0.25, 0.3) is 0 Å². The number of hydrogen-bond donors (Lipinski definition) is 0. The molecule has 0 atom stereocenters. The van der Waals surface area contributed by atoms with Gasteiger partial charge < -0.3 is 4.90 Å². The van der Waals surface area contributed by atoms with Gasteiger partial charge in [0.15, 0.2) is 0 Å². The van der Waals surface area contributed by atoms with Crippen LogP contribution in [0.4, 0.5) is 0 Å². The van der Waals surface area contributed by atoms with Crippen molar-refractivity contribution in [1.29, 1.82) is 0 Å². The lowest BCUT2D eigenvalue weighted by Crippen LogP contribution is -2.17. The molecular formula is C10H15NOS. The molecule has 1 aromatic heterocycles. The van der Waals surface area contributed by atoms with Crippen molar-refractivity contribution in [2.24, 2.45) is 0 Å². The Hall–Kier alpha value is -0.830. The Balaban J connectivity index is 0.000000396. The molecule has 0 bridgehead atoms. The molecule has 0 aliphatic carbocycles. The van der Waals surface area contributed by atoms with Gasteiger partial charge >= 0.3 is 0 Å². The minimum absolute atomic E-state index is 0.171. The van der Waals surface area contributed by atoms with Crippen molar-refractivity contribution in [2.45, 2.75) is 27.3 Å². The van der Waals surface area contributed by atoms with E-state index >= 15 is 0 Å². The van der Waals surface area contributed by atoms with Gasteiger partial charge in [-0.2, -0.15) is 0 Å². The maximum absolute atomic E-state index is 11.3. The lowest BCUT2D eigenvalue weighted by molar-refractivity contribution is 0.0816. The Morgan fingerprint density at radius 2 is 2.08 bits per heavy atom. The highest BCUT2D eigenvalue weighted by atomic mass is 32.1. The Morgan fingerprint density at radius 3 is 2.62 bits per heavy atom. The second-order valence-corrected chi connectivity index (χ2v) is 3.93. The molecule has 0 radical (unpaired) electrons. The van der Waals surface area contributed by atoms with E-state index in [0.29, 0.717) is 0 Å². The van der Waals surface area contributed by atoms with E-state index < -0.39 is 0 Å². The summed E-state index contributed by atoms with van der Waals surface area (Å²) in [6.45, 7) is 6.86. The SMILES string of the molecule is CC.Cc1scc2c1CN(C)C2=O. The third kappa shape index (κ3) is 1.61. The Bertz CT molecular complexity index is 317. The number of aryl methyl sites for hydroxylation is 1. The summed E-state index contributed by atoms with van der Waals surface area (Å²) in [5, 5.41) is 1.95. The number of fused-ring (bicyclic) bond motifs is 1. The molecule has 0 saturated carbocycles. The van der Waals surface area contributed by atoms with Crippen molar-refractivity contribution in [3.8, 4) is 0 Å². The first-order valence-electron chi connectivity index (χ1n) is 4.52. The first-order valence-corrected chi connectivity index (χ1v) is 5.40. The second-order valence-electron chi connectivity index (χ2n) is 2.85. The van der Waals surface area contributed by atoms with Crippen molar-refractivity contribution in [3.05, 3.63) is 21.4 Å². The lowest BCUT2D eigenvalue weighted by Gasteiger charge is -2.05. The Morgan fingerprint density at radius 1 is 1.46 bits per heavy atom. The number of carbonyl (C=O) groups excluding carboxylic acids is 1. The molecule has 0 fully saturated rings. The fourth-order valence-corrected chi connectivity index (χ4v) is 2.22. The number of thiophene rings is 1. The van der Waals surface area contributed by atoms with Gasteiger partial charge in [-0.05, 0) is 12.5 Å². The highest BCUT2D eigenvalue weighted by molar-refractivity contribution is 7.10. The van der Waals surface area contributed by atoms with Crippen LogP contribution in [0.15, 0.2) is 5.38 Å². The molecule has 72 valence electrons. The average Bonchev–Trinajstić information content (AvgIpc) is 2.62. The molecule has 2 nitrogen and oxygen atoms in total. The maximum Gasteiger partial charge on any atom is 0.255 e. The Kier molecular flexibility index (Phi) is 3.09. The maximum atomic E-state index is 11.3. The summed E-state index contributed by atoms with van der Waals surface area (Å²) in [6, 6.07) is 0. The van der Waals surface area contributed by atoms with Gasteiger partial charge in [0, 0.05) is 23.8 Å². The quantitative estimate of drug-likeness (QED) is 0.626. The summed E-state index contributed by atoms with van der Waals surface area (Å²) in [7, 11) is 1.84. The number of amides is 1. The predicted molar refractivity (Wildman–Crippen MR) is 56.2 cm³/mol. The second kappa shape index (κ2) is 3.92. The van der Waals surface area contributed by atoms with Crippen molar-refractivity contribution < 1.29 is 4.79 Å². The van der Waals surface area contributed by atoms with Crippen LogP contribution in [0.2, 0.25) is 0 Å². The number of rotatable bonds is 0. The highest BCUT2D eigenvalue weighted by Gasteiger charge is 2.26. The van der Waals surface area contributed by atoms with Crippen molar-refractivity contribution in [1.82, 2.24) is 4.90 Å². The van der Waals surface area contributed by atoms with Crippen LogP contribution in [0.1, 0.15) is 34.6 Å². The van der Waals surface area contributed by atoms with Gasteiger partial charge in [0.25, 0.3) is 5.91 Å². The van der Waals surface area contributed by atoms with E-state index in [9.17, 15) is 4.79 Å². The number of carbonyl (C=O) groups is 1. The van der Waals surface area contributed by atoms with Crippen LogP contribution >= 0.6 is 11.3 Å². The summed E-state index contributed by atoms with van der Waals surface area (Å²) < 4.78 is 0. The topological polar surface area (TPSA) is 20.3 Å². The van der Waals surface area contributed by atoms with Crippen LogP contribution in [0.5, 0.6) is 0 Å². The van der Waals surface area contributed by atoms with Gasteiger partial charge in [-0.1, -0.05) is 13.8 Å². The minimum atomic E-state index is 0.171. The largest absolute Gasteiger partial charge is 0.337 e. The monoisotopic (exact) mass is 197 g/mol. The zero-order chi connectivity index (χ0) is 10.0. The molecule has 0 N–H and O–H groups in total. The summed E-state index contributed by atoms with van der Waals surface area (Å²) in [4.78, 5) is 14.4. The van der Waals surface area contributed by atoms with Gasteiger partial charge in [-0.25, -0.2) is 0 Å². The third-order valence-electron chi connectivity index (χ3n) is 2.08.